The highest BCUT2D eigenvalue weighted by Crippen LogP contribution is 2.32. The van der Waals surface area contributed by atoms with Crippen molar-refractivity contribution in [2.24, 2.45) is 5.73 Å². The molecule has 0 amide bonds. The molecule has 0 fully saturated rings. The van der Waals surface area contributed by atoms with Crippen molar-refractivity contribution in [3.8, 4) is 0 Å². The van der Waals surface area contributed by atoms with Crippen molar-refractivity contribution in [3.05, 3.63) is 66.1 Å². The molecule has 0 bridgehead atoms. The molecule has 108 valence electrons. The van der Waals surface area contributed by atoms with Crippen LogP contribution in [0.25, 0.3) is 11.1 Å². The van der Waals surface area contributed by atoms with Crippen molar-refractivity contribution < 1.29 is 9.52 Å². The number of aliphatic hydroxyl groups is 1. The fourth-order valence-corrected chi connectivity index (χ4v) is 2.53. The number of aromatic nitrogens is 1. The molecule has 0 radical (unpaired) electrons. The van der Waals surface area contributed by atoms with E-state index >= 15 is 0 Å². The highest BCUT2D eigenvalue weighted by atomic mass is 16.4. The summed E-state index contributed by atoms with van der Waals surface area (Å²) in [6.45, 7) is 0.0893. The van der Waals surface area contributed by atoms with E-state index < -0.39 is 5.54 Å². The summed E-state index contributed by atoms with van der Waals surface area (Å²) in [5.74, 6) is 0.489. The lowest BCUT2D eigenvalue weighted by molar-refractivity contribution is 0.260. The molecule has 0 aliphatic carbocycles. The Hall–Kier alpha value is -2.17. The Bertz CT molecular complexity index is 691. The van der Waals surface area contributed by atoms with Gasteiger partial charge in [0, 0.05) is 6.61 Å². The normalized spacial score (nSPS) is 14.2. The molecule has 1 aromatic heterocycles. The molecule has 0 aliphatic rings. The van der Waals surface area contributed by atoms with E-state index in [0.29, 0.717) is 18.7 Å². The summed E-state index contributed by atoms with van der Waals surface area (Å²) in [7, 11) is 0. The summed E-state index contributed by atoms with van der Waals surface area (Å²) in [5, 5.41) is 9.16. The van der Waals surface area contributed by atoms with Gasteiger partial charge in [0.25, 0.3) is 0 Å². The van der Waals surface area contributed by atoms with E-state index in [-0.39, 0.29) is 6.61 Å². The van der Waals surface area contributed by atoms with Crippen LogP contribution in [0.5, 0.6) is 0 Å². The van der Waals surface area contributed by atoms with Gasteiger partial charge in [0.1, 0.15) is 11.1 Å². The molecule has 21 heavy (non-hydrogen) atoms. The third kappa shape index (κ3) is 2.55. The monoisotopic (exact) mass is 282 g/mol. The summed E-state index contributed by atoms with van der Waals surface area (Å²) < 4.78 is 5.87. The average Bonchev–Trinajstić information content (AvgIpc) is 2.98. The van der Waals surface area contributed by atoms with Gasteiger partial charge in [-0.1, -0.05) is 42.5 Å². The summed E-state index contributed by atoms with van der Waals surface area (Å²) in [4.78, 5) is 4.54. The maximum atomic E-state index is 9.16. The number of aliphatic hydroxyl groups excluding tert-OH is 1. The van der Waals surface area contributed by atoms with Crippen molar-refractivity contribution in [1.82, 2.24) is 4.98 Å². The predicted octanol–water partition coefficient (Wildman–Crippen LogP) is 2.80. The minimum Gasteiger partial charge on any atom is -0.438 e. The molecule has 4 heteroatoms. The summed E-state index contributed by atoms with van der Waals surface area (Å²) in [6, 6.07) is 17.4. The third-order valence-corrected chi connectivity index (χ3v) is 3.69. The van der Waals surface area contributed by atoms with E-state index in [1.165, 1.54) is 0 Å². The topological polar surface area (TPSA) is 72.3 Å². The van der Waals surface area contributed by atoms with Gasteiger partial charge in [-0.05, 0) is 30.5 Å². The van der Waals surface area contributed by atoms with Crippen LogP contribution in [0.1, 0.15) is 24.3 Å². The van der Waals surface area contributed by atoms with Gasteiger partial charge < -0.3 is 15.3 Å². The van der Waals surface area contributed by atoms with Crippen molar-refractivity contribution in [2.45, 2.75) is 18.4 Å². The second-order valence-electron chi connectivity index (χ2n) is 5.15. The molecular weight excluding hydrogens is 264 g/mol. The van der Waals surface area contributed by atoms with Crippen LogP contribution < -0.4 is 5.73 Å². The van der Waals surface area contributed by atoms with E-state index in [0.717, 1.165) is 16.7 Å². The van der Waals surface area contributed by atoms with E-state index in [2.05, 4.69) is 4.98 Å². The van der Waals surface area contributed by atoms with E-state index in [1.807, 2.05) is 54.6 Å². The minimum absolute atomic E-state index is 0.0893. The zero-order valence-electron chi connectivity index (χ0n) is 11.7. The van der Waals surface area contributed by atoms with Crippen LogP contribution in [0.3, 0.4) is 0 Å². The number of benzene rings is 2. The SMILES string of the molecule is NC(CCCO)(c1ccccc1)c1nc2ccccc2o1. The Labute approximate surface area is 123 Å². The first-order valence-electron chi connectivity index (χ1n) is 7.05. The van der Waals surface area contributed by atoms with Gasteiger partial charge in [0.2, 0.25) is 5.89 Å². The van der Waals surface area contributed by atoms with Crippen molar-refractivity contribution in [1.29, 1.82) is 0 Å². The van der Waals surface area contributed by atoms with Crippen LogP contribution in [0, 0.1) is 0 Å². The zero-order chi connectivity index (χ0) is 14.7. The standard InChI is InChI=1S/C17H18N2O2/c18-17(11-6-12-20,13-7-2-1-3-8-13)16-19-14-9-4-5-10-15(14)21-16/h1-5,7-10,20H,6,11-12,18H2. The van der Waals surface area contributed by atoms with Gasteiger partial charge in [-0.15, -0.1) is 0 Å². The first-order chi connectivity index (χ1) is 10.2. The van der Waals surface area contributed by atoms with E-state index in [4.69, 9.17) is 15.3 Å². The summed E-state index contributed by atoms with van der Waals surface area (Å²) in [5.41, 5.74) is 8.25. The van der Waals surface area contributed by atoms with E-state index in [9.17, 15) is 0 Å². The Morgan fingerprint density at radius 1 is 1.05 bits per heavy atom. The lowest BCUT2D eigenvalue weighted by Crippen LogP contribution is -2.38. The molecule has 3 aromatic rings. The Morgan fingerprint density at radius 3 is 2.48 bits per heavy atom. The molecule has 3 N–H and O–H groups in total. The van der Waals surface area contributed by atoms with Crippen molar-refractivity contribution >= 4 is 11.1 Å². The number of nitrogens with two attached hydrogens (primary N) is 1. The number of fused-ring (bicyclic) bond motifs is 1. The maximum Gasteiger partial charge on any atom is 0.220 e. The van der Waals surface area contributed by atoms with Gasteiger partial charge >= 0.3 is 0 Å². The van der Waals surface area contributed by atoms with Crippen LogP contribution in [-0.2, 0) is 5.54 Å². The van der Waals surface area contributed by atoms with Gasteiger partial charge in [-0.2, -0.15) is 0 Å². The molecule has 0 aliphatic heterocycles. The van der Waals surface area contributed by atoms with Crippen molar-refractivity contribution in [3.63, 3.8) is 0 Å². The smallest absolute Gasteiger partial charge is 0.220 e. The second kappa shape index (κ2) is 5.68. The number of hydrogen-bond acceptors (Lipinski definition) is 4. The Kier molecular flexibility index (Phi) is 3.73. The quantitative estimate of drug-likeness (QED) is 0.754. The molecule has 0 spiro atoms. The lowest BCUT2D eigenvalue weighted by atomic mass is 9.86. The molecule has 2 aromatic carbocycles. The first-order valence-corrected chi connectivity index (χ1v) is 7.05. The van der Waals surface area contributed by atoms with E-state index in [1.54, 1.807) is 0 Å². The lowest BCUT2D eigenvalue weighted by Gasteiger charge is -2.26. The highest BCUT2D eigenvalue weighted by molar-refractivity contribution is 5.72. The molecule has 4 nitrogen and oxygen atoms in total. The number of para-hydroxylation sites is 2. The first kappa shape index (κ1) is 13.8. The summed E-state index contributed by atoms with van der Waals surface area (Å²) in [6.07, 6.45) is 1.16. The predicted molar refractivity (Wildman–Crippen MR) is 81.7 cm³/mol. The minimum atomic E-state index is -0.830. The number of oxazole rings is 1. The molecule has 3 rings (SSSR count). The molecule has 1 unspecified atom stereocenters. The van der Waals surface area contributed by atoms with Crippen molar-refractivity contribution in [2.75, 3.05) is 6.61 Å². The molecule has 0 saturated carbocycles. The largest absolute Gasteiger partial charge is 0.438 e. The zero-order valence-corrected chi connectivity index (χ0v) is 11.7. The Morgan fingerprint density at radius 2 is 1.76 bits per heavy atom. The highest BCUT2D eigenvalue weighted by Gasteiger charge is 2.34. The average molecular weight is 282 g/mol. The number of rotatable bonds is 5. The molecule has 1 heterocycles. The third-order valence-electron chi connectivity index (χ3n) is 3.69. The van der Waals surface area contributed by atoms with Gasteiger partial charge in [0.15, 0.2) is 5.58 Å². The molecule has 0 saturated heterocycles. The van der Waals surface area contributed by atoms with Crippen LogP contribution in [0.15, 0.2) is 59.0 Å². The number of hydrogen-bond donors (Lipinski definition) is 2. The second-order valence-corrected chi connectivity index (χ2v) is 5.15. The van der Waals surface area contributed by atoms with Gasteiger partial charge in [-0.25, -0.2) is 4.98 Å². The van der Waals surface area contributed by atoms with Gasteiger partial charge in [-0.3, -0.25) is 0 Å². The van der Waals surface area contributed by atoms with Crippen LogP contribution >= 0.6 is 0 Å². The van der Waals surface area contributed by atoms with Crippen LogP contribution in [0.2, 0.25) is 0 Å². The molecule has 1 atom stereocenters. The Balaban J connectivity index is 2.10. The van der Waals surface area contributed by atoms with Crippen LogP contribution in [-0.4, -0.2) is 16.7 Å². The van der Waals surface area contributed by atoms with Crippen LogP contribution in [0.4, 0.5) is 0 Å². The van der Waals surface area contributed by atoms with Gasteiger partial charge in [0.05, 0.1) is 0 Å². The fourth-order valence-electron chi connectivity index (χ4n) is 2.53. The fraction of sp³-hybridized carbons (Fsp3) is 0.235. The number of nitrogens with zero attached hydrogens (tertiary/aromatic N) is 1. The molecular formula is C17H18N2O2. The maximum absolute atomic E-state index is 9.16. The summed E-state index contributed by atoms with van der Waals surface area (Å²) >= 11 is 0.